The third-order valence-electron chi connectivity index (χ3n) is 7.90. The Bertz CT molecular complexity index is 1360. The summed E-state index contributed by atoms with van der Waals surface area (Å²) < 4.78 is 42.5. The standard InChI is InChI=1S/C24H26F3N9O/c25-24(26,27)20-17-14(2-6-30-20)12-23(19(17)28)4-10-34(11-5-23)15-13-31-18(21(29)33-15)22(37)35-8-1-9-36-16(35)3-7-32-36/h2-3,6-7,13,19H,1,4-5,8-12,28H2,(H2,29,33)/t19-/m1/s1. The highest BCUT2D eigenvalue weighted by atomic mass is 19.4. The maximum Gasteiger partial charge on any atom is 0.433 e. The molecule has 37 heavy (non-hydrogen) atoms. The number of aryl methyl sites for hydroxylation is 1. The second-order valence-corrected chi connectivity index (χ2v) is 9.92. The quantitative estimate of drug-likeness (QED) is 0.535. The lowest BCUT2D eigenvalue weighted by atomic mass is 9.73. The summed E-state index contributed by atoms with van der Waals surface area (Å²) in [4.78, 5) is 29.2. The summed E-state index contributed by atoms with van der Waals surface area (Å²) in [7, 11) is 0. The molecule has 1 amide bonds. The summed E-state index contributed by atoms with van der Waals surface area (Å²) in [5, 5.41) is 4.23. The van der Waals surface area contributed by atoms with E-state index in [-0.39, 0.29) is 23.0 Å². The number of pyridine rings is 1. The molecule has 1 atom stereocenters. The van der Waals surface area contributed by atoms with Crippen LogP contribution in [-0.2, 0) is 19.1 Å². The molecule has 1 fully saturated rings. The molecule has 3 aromatic rings. The van der Waals surface area contributed by atoms with Gasteiger partial charge in [0.2, 0.25) is 0 Å². The molecule has 1 spiro atoms. The number of carbonyl (C=O) groups is 1. The Kier molecular flexibility index (Phi) is 5.37. The second kappa shape index (κ2) is 8.40. The number of rotatable bonds is 2. The fourth-order valence-electron chi connectivity index (χ4n) is 5.97. The molecule has 194 valence electrons. The van der Waals surface area contributed by atoms with Gasteiger partial charge in [-0.15, -0.1) is 0 Å². The van der Waals surface area contributed by atoms with Crippen LogP contribution in [0.3, 0.4) is 0 Å². The summed E-state index contributed by atoms with van der Waals surface area (Å²) in [5.41, 5.74) is 12.1. The monoisotopic (exact) mass is 513 g/mol. The van der Waals surface area contributed by atoms with E-state index in [0.29, 0.717) is 56.1 Å². The van der Waals surface area contributed by atoms with Gasteiger partial charge >= 0.3 is 6.18 Å². The molecule has 0 bridgehead atoms. The van der Waals surface area contributed by atoms with Gasteiger partial charge in [-0.1, -0.05) is 0 Å². The molecule has 0 unspecified atom stereocenters. The zero-order valence-corrected chi connectivity index (χ0v) is 19.9. The van der Waals surface area contributed by atoms with E-state index < -0.39 is 23.3 Å². The van der Waals surface area contributed by atoms with Crippen LogP contribution in [-0.4, -0.2) is 50.3 Å². The van der Waals surface area contributed by atoms with Crippen molar-refractivity contribution in [3.63, 3.8) is 0 Å². The van der Waals surface area contributed by atoms with Gasteiger partial charge < -0.3 is 16.4 Å². The Morgan fingerprint density at radius 1 is 1.08 bits per heavy atom. The van der Waals surface area contributed by atoms with Crippen molar-refractivity contribution in [2.24, 2.45) is 11.1 Å². The van der Waals surface area contributed by atoms with Crippen molar-refractivity contribution in [3.8, 4) is 0 Å². The first-order valence-corrected chi connectivity index (χ1v) is 12.2. The number of nitrogens with two attached hydrogens (primary N) is 2. The van der Waals surface area contributed by atoms with Gasteiger partial charge in [0.15, 0.2) is 11.5 Å². The number of nitrogens with zero attached hydrogens (tertiary/aromatic N) is 7. The number of carbonyl (C=O) groups excluding carboxylic acids is 1. The summed E-state index contributed by atoms with van der Waals surface area (Å²) in [6.45, 7) is 2.34. The lowest BCUT2D eigenvalue weighted by Gasteiger charge is -2.42. The van der Waals surface area contributed by atoms with Gasteiger partial charge in [-0.2, -0.15) is 18.3 Å². The lowest BCUT2D eigenvalue weighted by molar-refractivity contribution is -0.142. The number of anilines is 3. The highest BCUT2D eigenvalue weighted by Gasteiger charge is 2.50. The molecular formula is C24H26F3N9O. The van der Waals surface area contributed by atoms with Crippen molar-refractivity contribution in [1.82, 2.24) is 24.7 Å². The highest BCUT2D eigenvalue weighted by Crippen LogP contribution is 2.53. The second-order valence-electron chi connectivity index (χ2n) is 9.92. The van der Waals surface area contributed by atoms with E-state index in [2.05, 4.69) is 20.1 Å². The third kappa shape index (κ3) is 3.79. The molecular weight excluding hydrogens is 487 g/mol. The van der Waals surface area contributed by atoms with E-state index in [9.17, 15) is 18.0 Å². The number of halogens is 3. The molecule has 6 rings (SSSR count). The molecule has 5 heterocycles. The average Bonchev–Trinajstić information content (AvgIpc) is 3.46. The van der Waals surface area contributed by atoms with Gasteiger partial charge in [0.25, 0.3) is 5.91 Å². The fraction of sp³-hybridized carbons (Fsp3) is 0.458. The Hall–Kier alpha value is -3.74. The van der Waals surface area contributed by atoms with Crippen LogP contribution in [0.1, 0.15) is 52.6 Å². The van der Waals surface area contributed by atoms with Crippen LogP contribution >= 0.6 is 0 Å². The molecule has 0 aromatic carbocycles. The smallest absolute Gasteiger partial charge is 0.382 e. The predicted molar refractivity (Wildman–Crippen MR) is 129 cm³/mol. The average molecular weight is 514 g/mol. The van der Waals surface area contributed by atoms with Gasteiger partial charge in [-0.25, -0.2) is 14.6 Å². The number of piperidine rings is 1. The van der Waals surface area contributed by atoms with Gasteiger partial charge in [0.1, 0.15) is 17.3 Å². The van der Waals surface area contributed by atoms with Gasteiger partial charge in [-0.3, -0.25) is 14.7 Å². The summed E-state index contributed by atoms with van der Waals surface area (Å²) in [6.07, 6.45) is 2.26. The van der Waals surface area contributed by atoms with Crippen LogP contribution in [0.4, 0.5) is 30.6 Å². The summed E-state index contributed by atoms with van der Waals surface area (Å²) in [5.74, 6) is 0.916. The molecule has 3 aromatic heterocycles. The molecule has 13 heteroatoms. The molecule has 0 radical (unpaired) electrons. The van der Waals surface area contributed by atoms with E-state index >= 15 is 0 Å². The highest BCUT2D eigenvalue weighted by molar-refractivity contribution is 6.07. The molecule has 2 aliphatic heterocycles. The number of hydrogen-bond acceptors (Lipinski definition) is 8. The normalized spacial score (nSPS) is 20.7. The van der Waals surface area contributed by atoms with Crippen molar-refractivity contribution in [1.29, 1.82) is 0 Å². The number of nitrogen functional groups attached to an aromatic ring is 1. The van der Waals surface area contributed by atoms with E-state index in [1.165, 1.54) is 12.4 Å². The SMILES string of the molecule is Nc1nc(N2CCC3(CC2)Cc2ccnc(C(F)(F)F)c2[C@H]3N)cnc1C(=O)N1CCCn2nccc21. The van der Waals surface area contributed by atoms with Crippen molar-refractivity contribution in [2.45, 2.75) is 44.4 Å². The first-order chi connectivity index (χ1) is 17.7. The van der Waals surface area contributed by atoms with Crippen LogP contribution in [0.15, 0.2) is 30.7 Å². The Morgan fingerprint density at radius 3 is 2.59 bits per heavy atom. The number of hydrogen-bond donors (Lipinski definition) is 2. The summed E-state index contributed by atoms with van der Waals surface area (Å²) in [6, 6.07) is 2.67. The van der Waals surface area contributed by atoms with Crippen LogP contribution < -0.4 is 21.3 Å². The number of fused-ring (bicyclic) bond motifs is 2. The Labute approximate surface area is 210 Å². The first kappa shape index (κ1) is 23.6. The van der Waals surface area contributed by atoms with Crippen LogP contribution in [0, 0.1) is 5.41 Å². The minimum atomic E-state index is -4.55. The zero-order chi connectivity index (χ0) is 25.9. The van der Waals surface area contributed by atoms with Crippen molar-refractivity contribution in [2.75, 3.05) is 35.2 Å². The Morgan fingerprint density at radius 2 is 1.86 bits per heavy atom. The molecule has 0 saturated carbocycles. The minimum Gasteiger partial charge on any atom is -0.382 e. The number of alkyl halides is 3. The first-order valence-electron chi connectivity index (χ1n) is 12.2. The van der Waals surface area contributed by atoms with E-state index in [1.807, 2.05) is 4.90 Å². The topological polar surface area (TPSA) is 132 Å². The van der Waals surface area contributed by atoms with Crippen LogP contribution in [0.2, 0.25) is 0 Å². The van der Waals surface area contributed by atoms with Crippen molar-refractivity contribution in [3.05, 3.63) is 53.2 Å². The van der Waals surface area contributed by atoms with Crippen molar-refractivity contribution < 1.29 is 18.0 Å². The third-order valence-corrected chi connectivity index (χ3v) is 7.90. The van der Waals surface area contributed by atoms with Gasteiger partial charge in [0, 0.05) is 50.0 Å². The number of amides is 1. The summed E-state index contributed by atoms with van der Waals surface area (Å²) >= 11 is 0. The maximum absolute atomic E-state index is 13.6. The van der Waals surface area contributed by atoms with Crippen LogP contribution in [0.25, 0.3) is 0 Å². The molecule has 3 aliphatic rings. The Balaban J connectivity index is 1.18. The molecule has 1 saturated heterocycles. The fourth-order valence-corrected chi connectivity index (χ4v) is 5.97. The molecule has 10 nitrogen and oxygen atoms in total. The lowest BCUT2D eigenvalue weighted by Crippen LogP contribution is -2.45. The zero-order valence-electron chi connectivity index (χ0n) is 19.9. The minimum absolute atomic E-state index is 0.0327. The predicted octanol–water partition coefficient (Wildman–Crippen LogP) is 2.56. The molecule has 1 aliphatic carbocycles. The largest absolute Gasteiger partial charge is 0.433 e. The van der Waals surface area contributed by atoms with E-state index in [1.54, 1.807) is 27.9 Å². The molecule has 4 N–H and O–H groups in total. The van der Waals surface area contributed by atoms with Crippen LogP contribution in [0.5, 0.6) is 0 Å². The number of aromatic nitrogens is 5. The maximum atomic E-state index is 13.6. The van der Waals surface area contributed by atoms with Crippen molar-refractivity contribution >= 4 is 23.4 Å². The van der Waals surface area contributed by atoms with Gasteiger partial charge in [0.05, 0.1) is 12.4 Å². The van der Waals surface area contributed by atoms with Gasteiger partial charge in [-0.05, 0) is 42.7 Å². The van der Waals surface area contributed by atoms with E-state index in [0.717, 1.165) is 13.0 Å². The van der Waals surface area contributed by atoms with E-state index in [4.69, 9.17) is 11.5 Å².